The monoisotopic (exact) mass is 293 g/mol. The molecule has 2 heterocycles. The van der Waals surface area contributed by atoms with Crippen molar-refractivity contribution in [3.8, 4) is 11.5 Å². The zero-order valence-electron chi connectivity index (χ0n) is 11.8. The molecule has 0 saturated carbocycles. The van der Waals surface area contributed by atoms with E-state index in [0.29, 0.717) is 13.2 Å². The number of ether oxygens (including phenoxy) is 3. The molecule has 1 aromatic carbocycles. The summed E-state index contributed by atoms with van der Waals surface area (Å²) in [7, 11) is 3.69. The topological polar surface area (TPSA) is 39.7 Å². The van der Waals surface area contributed by atoms with E-state index in [1.165, 1.54) is 20.5 Å². The van der Waals surface area contributed by atoms with Crippen molar-refractivity contribution < 1.29 is 14.2 Å². The van der Waals surface area contributed by atoms with Crippen LogP contribution in [0.25, 0.3) is 10.1 Å². The second kappa shape index (κ2) is 5.99. The maximum absolute atomic E-state index is 5.78. The molecule has 2 aromatic rings. The van der Waals surface area contributed by atoms with Crippen LogP contribution in [0.4, 0.5) is 0 Å². The summed E-state index contributed by atoms with van der Waals surface area (Å²) < 4.78 is 18.1. The predicted molar refractivity (Wildman–Crippen MR) is 80.9 cm³/mol. The number of benzene rings is 1. The second-order valence-electron chi connectivity index (χ2n) is 4.81. The van der Waals surface area contributed by atoms with Crippen LogP contribution in [0.15, 0.2) is 12.1 Å². The SMILES string of the molecule is CNCc1sc2cc3c(cc2c1COC)OCCCO3. The molecule has 108 valence electrons. The summed E-state index contributed by atoms with van der Waals surface area (Å²) in [5, 5.41) is 4.43. The van der Waals surface area contributed by atoms with Crippen LogP contribution in [0.3, 0.4) is 0 Å². The summed E-state index contributed by atoms with van der Waals surface area (Å²) in [6.45, 7) is 2.91. The highest BCUT2D eigenvalue weighted by molar-refractivity contribution is 7.19. The van der Waals surface area contributed by atoms with Crippen molar-refractivity contribution in [2.24, 2.45) is 0 Å². The van der Waals surface area contributed by atoms with E-state index in [0.717, 1.165) is 31.1 Å². The molecular formula is C15H19NO3S. The third-order valence-electron chi connectivity index (χ3n) is 3.37. The third kappa shape index (κ3) is 2.49. The molecule has 20 heavy (non-hydrogen) atoms. The molecule has 0 saturated heterocycles. The van der Waals surface area contributed by atoms with Gasteiger partial charge in [0.1, 0.15) is 0 Å². The van der Waals surface area contributed by atoms with E-state index in [-0.39, 0.29) is 0 Å². The van der Waals surface area contributed by atoms with Crippen molar-refractivity contribution in [1.82, 2.24) is 5.32 Å². The van der Waals surface area contributed by atoms with Gasteiger partial charge in [0.05, 0.1) is 19.8 Å². The molecule has 3 rings (SSSR count). The number of thiophene rings is 1. The lowest BCUT2D eigenvalue weighted by Gasteiger charge is -2.08. The Balaban J connectivity index is 2.12. The first-order valence-corrected chi connectivity index (χ1v) is 7.62. The lowest BCUT2D eigenvalue weighted by molar-refractivity contribution is 0.185. The van der Waals surface area contributed by atoms with Gasteiger partial charge in [-0.25, -0.2) is 0 Å². The Hall–Kier alpha value is -1.30. The molecule has 4 nitrogen and oxygen atoms in total. The van der Waals surface area contributed by atoms with Crippen LogP contribution >= 0.6 is 11.3 Å². The maximum atomic E-state index is 5.78. The molecule has 0 atom stereocenters. The first kappa shape index (κ1) is 13.7. The third-order valence-corrected chi connectivity index (χ3v) is 4.57. The van der Waals surface area contributed by atoms with Gasteiger partial charge in [-0.3, -0.25) is 0 Å². The Morgan fingerprint density at radius 2 is 2.00 bits per heavy atom. The van der Waals surface area contributed by atoms with Gasteiger partial charge >= 0.3 is 0 Å². The molecule has 1 aromatic heterocycles. The number of fused-ring (bicyclic) bond motifs is 2. The minimum Gasteiger partial charge on any atom is -0.490 e. The van der Waals surface area contributed by atoms with Gasteiger partial charge in [0.2, 0.25) is 0 Å². The Labute approximate surface area is 122 Å². The van der Waals surface area contributed by atoms with Crippen molar-refractivity contribution in [2.45, 2.75) is 19.6 Å². The minimum absolute atomic E-state index is 0.622. The highest BCUT2D eigenvalue weighted by Crippen LogP contribution is 2.40. The van der Waals surface area contributed by atoms with Gasteiger partial charge < -0.3 is 19.5 Å². The van der Waals surface area contributed by atoms with Crippen LogP contribution in [0, 0.1) is 0 Å². The fourth-order valence-corrected chi connectivity index (χ4v) is 3.69. The average Bonchev–Trinajstić information content (AvgIpc) is 2.62. The van der Waals surface area contributed by atoms with E-state index in [1.807, 2.05) is 7.05 Å². The van der Waals surface area contributed by atoms with Gasteiger partial charge in [0.25, 0.3) is 0 Å². The van der Waals surface area contributed by atoms with Crippen LogP contribution in [0.2, 0.25) is 0 Å². The average molecular weight is 293 g/mol. The largest absolute Gasteiger partial charge is 0.490 e. The Kier molecular flexibility index (Phi) is 4.10. The fourth-order valence-electron chi connectivity index (χ4n) is 2.46. The summed E-state index contributed by atoms with van der Waals surface area (Å²) in [5.74, 6) is 1.71. The first-order chi connectivity index (χ1) is 9.83. The van der Waals surface area contributed by atoms with Crippen molar-refractivity contribution in [2.75, 3.05) is 27.4 Å². The summed E-state index contributed by atoms with van der Waals surface area (Å²) in [4.78, 5) is 1.31. The standard InChI is InChI=1S/C15H19NO3S/c1-16-8-15-11(9-17-2)10-6-12-13(7-14(10)20-15)19-5-3-4-18-12/h6-7,16H,3-5,8-9H2,1-2H3. The lowest BCUT2D eigenvalue weighted by Crippen LogP contribution is -2.05. The molecule has 1 aliphatic heterocycles. The molecule has 0 unspecified atom stereocenters. The lowest BCUT2D eigenvalue weighted by atomic mass is 10.1. The summed E-state index contributed by atoms with van der Waals surface area (Å²) in [5.41, 5.74) is 1.25. The highest BCUT2D eigenvalue weighted by atomic mass is 32.1. The van der Waals surface area contributed by atoms with Crippen LogP contribution in [0.5, 0.6) is 11.5 Å². The van der Waals surface area contributed by atoms with Gasteiger partial charge in [-0.2, -0.15) is 0 Å². The summed E-state index contributed by atoms with van der Waals surface area (Å²) in [6.07, 6.45) is 0.929. The minimum atomic E-state index is 0.622. The smallest absolute Gasteiger partial charge is 0.162 e. The molecular weight excluding hydrogens is 274 g/mol. The van der Waals surface area contributed by atoms with Crippen LogP contribution < -0.4 is 14.8 Å². The maximum Gasteiger partial charge on any atom is 0.162 e. The van der Waals surface area contributed by atoms with E-state index < -0.39 is 0 Å². The molecule has 0 radical (unpaired) electrons. The molecule has 1 N–H and O–H groups in total. The molecule has 1 aliphatic rings. The Morgan fingerprint density at radius 3 is 2.70 bits per heavy atom. The number of methoxy groups -OCH3 is 1. The molecule has 0 fully saturated rings. The first-order valence-electron chi connectivity index (χ1n) is 6.81. The molecule has 0 aliphatic carbocycles. The van der Waals surface area contributed by atoms with Crippen molar-refractivity contribution >= 4 is 21.4 Å². The predicted octanol–water partition coefficient (Wildman–Crippen LogP) is 2.93. The molecule has 0 spiro atoms. The van der Waals surface area contributed by atoms with E-state index in [2.05, 4.69) is 17.4 Å². The molecule has 0 bridgehead atoms. The van der Waals surface area contributed by atoms with Crippen LogP contribution in [-0.4, -0.2) is 27.4 Å². The van der Waals surface area contributed by atoms with E-state index in [9.17, 15) is 0 Å². The Bertz CT molecular complexity index is 609. The van der Waals surface area contributed by atoms with Crippen molar-refractivity contribution in [3.05, 3.63) is 22.6 Å². The quantitative estimate of drug-likeness (QED) is 0.941. The normalized spacial score (nSPS) is 14.5. The van der Waals surface area contributed by atoms with Crippen molar-refractivity contribution in [1.29, 1.82) is 0 Å². The van der Waals surface area contributed by atoms with Gasteiger partial charge in [0, 0.05) is 46.7 Å². The summed E-state index contributed by atoms with van der Waals surface area (Å²) >= 11 is 1.79. The van der Waals surface area contributed by atoms with Gasteiger partial charge in [-0.15, -0.1) is 11.3 Å². The fraction of sp³-hybridized carbons (Fsp3) is 0.467. The second-order valence-corrected chi connectivity index (χ2v) is 5.95. The zero-order chi connectivity index (χ0) is 13.9. The number of hydrogen-bond donors (Lipinski definition) is 1. The molecule has 5 heteroatoms. The zero-order valence-corrected chi connectivity index (χ0v) is 12.6. The number of rotatable bonds is 4. The highest BCUT2D eigenvalue weighted by Gasteiger charge is 2.17. The van der Waals surface area contributed by atoms with E-state index in [1.54, 1.807) is 18.4 Å². The number of nitrogens with one attached hydrogen (secondary N) is 1. The van der Waals surface area contributed by atoms with Crippen LogP contribution in [0.1, 0.15) is 16.9 Å². The summed E-state index contributed by atoms with van der Waals surface area (Å²) in [6, 6.07) is 4.19. The van der Waals surface area contributed by atoms with Crippen molar-refractivity contribution in [3.63, 3.8) is 0 Å². The van der Waals surface area contributed by atoms with Crippen LogP contribution in [-0.2, 0) is 17.9 Å². The number of hydrogen-bond acceptors (Lipinski definition) is 5. The van der Waals surface area contributed by atoms with Gasteiger partial charge in [0.15, 0.2) is 11.5 Å². The van der Waals surface area contributed by atoms with E-state index in [4.69, 9.17) is 14.2 Å². The molecule has 0 amide bonds. The van der Waals surface area contributed by atoms with Gasteiger partial charge in [-0.05, 0) is 13.1 Å². The Morgan fingerprint density at radius 1 is 1.25 bits per heavy atom. The van der Waals surface area contributed by atoms with E-state index >= 15 is 0 Å². The van der Waals surface area contributed by atoms with Gasteiger partial charge in [-0.1, -0.05) is 0 Å².